The van der Waals surface area contributed by atoms with Crippen molar-refractivity contribution in [2.45, 2.75) is 6.04 Å². The Morgan fingerprint density at radius 2 is 2.50 bits per heavy atom. The molecular weight excluding hydrogens is 150 g/mol. The molecule has 0 fully saturated rings. The van der Waals surface area contributed by atoms with Gasteiger partial charge in [-0.05, 0) is 0 Å². The molecule has 0 saturated heterocycles. The molecule has 0 aromatic carbocycles. The van der Waals surface area contributed by atoms with Gasteiger partial charge in [-0.15, -0.1) is 11.3 Å². The Morgan fingerprint density at radius 3 is 2.90 bits per heavy atom. The van der Waals surface area contributed by atoms with Crippen LogP contribution in [0.5, 0.6) is 0 Å². The van der Waals surface area contributed by atoms with E-state index in [1.165, 1.54) is 11.3 Å². The van der Waals surface area contributed by atoms with Crippen LogP contribution in [-0.4, -0.2) is 10.9 Å². The number of thiazole rings is 1. The van der Waals surface area contributed by atoms with Crippen LogP contribution in [0.3, 0.4) is 0 Å². The lowest BCUT2D eigenvalue weighted by molar-refractivity contribution is -0.119. The maximum absolute atomic E-state index is 10.5. The van der Waals surface area contributed by atoms with Crippen molar-refractivity contribution in [2.75, 3.05) is 0 Å². The fourth-order valence-corrected chi connectivity index (χ4v) is 1.16. The topological polar surface area (TPSA) is 82.0 Å². The first-order valence-electron chi connectivity index (χ1n) is 2.66. The molecule has 0 radical (unpaired) electrons. The summed E-state index contributed by atoms with van der Waals surface area (Å²) in [5, 5.41) is 2.31. The van der Waals surface area contributed by atoms with E-state index in [9.17, 15) is 4.79 Å². The summed E-state index contributed by atoms with van der Waals surface area (Å²) in [6.07, 6.45) is 1.59. The number of hydrogen-bond donors (Lipinski definition) is 2. The summed E-state index contributed by atoms with van der Waals surface area (Å²) in [4.78, 5) is 14.3. The van der Waals surface area contributed by atoms with Gasteiger partial charge in [0, 0.05) is 11.6 Å². The molecule has 0 bridgehead atoms. The number of aromatic nitrogens is 1. The van der Waals surface area contributed by atoms with Gasteiger partial charge in [0.2, 0.25) is 5.91 Å². The Bertz CT molecular complexity index is 221. The number of rotatable bonds is 2. The highest BCUT2D eigenvalue weighted by molar-refractivity contribution is 7.09. The van der Waals surface area contributed by atoms with Crippen LogP contribution >= 0.6 is 11.3 Å². The molecule has 1 amide bonds. The van der Waals surface area contributed by atoms with E-state index in [1.807, 2.05) is 0 Å². The minimum absolute atomic E-state index is 0.546. The summed E-state index contributed by atoms with van der Waals surface area (Å²) in [7, 11) is 0. The molecule has 4 nitrogen and oxygen atoms in total. The molecule has 1 rings (SSSR count). The highest BCUT2D eigenvalue weighted by Crippen LogP contribution is 2.11. The summed E-state index contributed by atoms with van der Waals surface area (Å²) in [6.45, 7) is 0. The fraction of sp³-hybridized carbons (Fsp3) is 0.200. The Kier molecular flexibility index (Phi) is 1.98. The number of amides is 1. The molecule has 1 aromatic rings. The van der Waals surface area contributed by atoms with E-state index in [0.717, 1.165) is 0 Å². The average Bonchev–Trinajstić information content (AvgIpc) is 2.36. The second-order valence-electron chi connectivity index (χ2n) is 1.75. The smallest absolute Gasteiger partial charge is 0.241 e. The first kappa shape index (κ1) is 7.17. The van der Waals surface area contributed by atoms with Crippen LogP contribution in [0, 0.1) is 0 Å². The monoisotopic (exact) mass is 157 g/mol. The Hall–Kier alpha value is -0.940. The first-order valence-corrected chi connectivity index (χ1v) is 3.54. The minimum atomic E-state index is -0.750. The number of nitrogens with two attached hydrogens (primary N) is 2. The molecule has 0 spiro atoms. The third-order valence-electron chi connectivity index (χ3n) is 1.02. The van der Waals surface area contributed by atoms with E-state index < -0.39 is 11.9 Å². The zero-order valence-electron chi connectivity index (χ0n) is 5.15. The van der Waals surface area contributed by atoms with Crippen LogP contribution < -0.4 is 11.5 Å². The summed E-state index contributed by atoms with van der Waals surface area (Å²) in [6, 6.07) is -0.750. The van der Waals surface area contributed by atoms with Crippen molar-refractivity contribution >= 4 is 17.2 Å². The highest BCUT2D eigenvalue weighted by atomic mass is 32.1. The number of hydrogen-bond acceptors (Lipinski definition) is 4. The Balaban J connectivity index is 2.77. The van der Waals surface area contributed by atoms with Gasteiger partial charge in [-0.3, -0.25) is 4.79 Å². The number of carbonyl (C=O) groups excluding carboxylic acids is 1. The maximum atomic E-state index is 10.5. The molecule has 1 heterocycles. The third kappa shape index (κ3) is 1.31. The van der Waals surface area contributed by atoms with Crippen molar-refractivity contribution in [2.24, 2.45) is 11.5 Å². The molecule has 1 atom stereocenters. The number of carbonyl (C=O) groups is 1. The molecule has 0 aliphatic rings. The quantitative estimate of drug-likeness (QED) is 0.614. The van der Waals surface area contributed by atoms with E-state index in [4.69, 9.17) is 11.5 Å². The SMILES string of the molecule is NC(=O)[C@@H](N)c1nccs1. The van der Waals surface area contributed by atoms with E-state index in [1.54, 1.807) is 11.6 Å². The maximum Gasteiger partial charge on any atom is 0.241 e. The molecule has 5 heteroatoms. The molecule has 0 saturated carbocycles. The van der Waals surface area contributed by atoms with E-state index in [2.05, 4.69) is 4.98 Å². The second kappa shape index (κ2) is 2.76. The van der Waals surface area contributed by atoms with Crippen LogP contribution in [0.25, 0.3) is 0 Å². The largest absolute Gasteiger partial charge is 0.368 e. The van der Waals surface area contributed by atoms with Gasteiger partial charge >= 0.3 is 0 Å². The van der Waals surface area contributed by atoms with Crippen LogP contribution in [0.15, 0.2) is 11.6 Å². The van der Waals surface area contributed by atoms with Crippen LogP contribution in [0.2, 0.25) is 0 Å². The molecular formula is C5H7N3OS. The van der Waals surface area contributed by atoms with Gasteiger partial charge in [0.15, 0.2) is 0 Å². The van der Waals surface area contributed by atoms with Crippen molar-refractivity contribution in [3.8, 4) is 0 Å². The van der Waals surface area contributed by atoms with Crippen LogP contribution in [-0.2, 0) is 4.79 Å². The van der Waals surface area contributed by atoms with Crippen molar-refractivity contribution < 1.29 is 4.79 Å². The fourth-order valence-electron chi connectivity index (χ4n) is 0.510. The van der Waals surface area contributed by atoms with Gasteiger partial charge < -0.3 is 11.5 Å². The van der Waals surface area contributed by atoms with E-state index in [-0.39, 0.29) is 0 Å². The second-order valence-corrected chi connectivity index (χ2v) is 2.68. The lowest BCUT2D eigenvalue weighted by atomic mass is 10.3. The normalized spacial score (nSPS) is 12.9. The molecule has 54 valence electrons. The van der Waals surface area contributed by atoms with E-state index in [0.29, 0.717) is 5.01 Å². The first-order chi connectivity index (χ1) is 4.72. The Labute approximate surface area is 61.9 Å². The lowest BCUT2D eigenvalue weighted by Gasteiger charge is -2.00. The van der Waals surface area contributed by atoms with Crippen molar-refractivity contribution in [3.05, 3.63) is 16.6 Å². The highest BCUT2D eigenvalue weighted by Gasteiger charge is 2.13. The molecule has 0 aliphatic heterocycles. The third-order valence-corrected chi connectivity index (χ3v) is 1.88. The standard InChI is InChI=1S/C5H7N3OS/c6-3(4(7)9)5-8-1-2-10-5/h1-3H,6H2,(H2,7,9)/t3-/m1/s1. The molecule has 10 heavy (non-hydrogen) atoms. The number of primary amides is 1. The summed E-state index contributed by atoms with van der Waals surface area (Å²) in [5.41, 5.74) is 10.3. The zero-order valence-corrected chi connectivity index (χ0v) is 5.97. The predicted octanol–water partition coefficient (Wildman–Crippen LogP) is -0.372. The average molecular weight is 157 g/mol. The van der Waals surface area contributed by atoms with Crippen molar-refractivity contribution in [3.63, 3.8) is 0 Å². The number of nitrogens with zero attached hydrogens (tertiary/aromatic N) is 1. The van der Waals surface area contributed by atoms with Crippen LogP contribution in [0.1, 0.15) is 11.0 Å². The van der Waals surface area contributed by atoms with Crippen molar-refractivity contribution in [1.29, 1.82) is 0 Å². The van der Waals surface area contributed by atoms with Gasteiger partial charge in [0.05, 0.1) is 0 Å². The summed E-state index contributed by atoms with van der Waals surface area (Å²) < 4.78 is 0. The molecule has 0 unspecified atom stereocenters. The van der Waals surface area contributed by atoms with Crippen molar-refractivity contribution in [1.82, 2.24) is 4.98 Å². The summed E-state index contributed by atoms with van der Waals surface area (Å²) in [5.74, 6) is -0.546. The summed E-state index contributed by atoms with van der Waals surface area (Å²) >= 11 is 1.32. The molecule has 4 N–H and O–H groups in total. The zero-order chi connectivity index (χ0) is 7.56. The van der Waals surface area contributed by atoms with E-state index >= 15 is 0 Å². The van der Waals surface area contributed by atoms with Gasteiger partial charge in [-0.2, -0.15) is 0 Å². The lowest BCUT2D eigenvalue weighted by Crippen LogP contribution is -2.27. The minimum Gasteiger partial charge on any atom is -0.368 e. The molecule has 0 aliphatic carbocycles. The van der Waals surface area contributed by atoms with Gasteiger partial charge in [-0.1, -0.05) is 0 Å². The van der Waals surface area contributed by atoms with Gasteiger partial charge in [0.1, 0.15) is 11.0 Å². The molecule has 1 aromatic heterocycles. The van der Waals surface area contributed by atoms with Crippen LogP contribution in [0.4, 0.5) is 0 Å². The van der Waals surface area contributed by atoms with Gasteiger partial charge in [-0.25, -0.2) is 4.98 Å². The Morgan fingerprint density at radius 1 is 1.80 bits per heavy atom. The van der Waals surface area contributed by atoms with Gasteiger partial charge in [0.25, 0.3) is 0 Å². The predicted molar refractivity (Wildman–Crippen MR) is 38.2 cm³/mol.